The van der Waals surface area contributed by atoms with Gasteiger partial charge in [0.1, 0.15) is 11.9 Å². The predicted molar refractivity (Wildman–Crippen MR) is 70.1 cm³/mol. The lowest BCUT2D eigenvalue weighted by Gasteiger charge is -2.08. The standard InChI is InChI=1S/C15H11ClFN/c1-10-3-2-4-14(16)13(10)7-11-5-6-12(9-18)15(17)8-11/h2-6,8H,7H2,1H3. The normalized spacial score (nSPS) is 10.1. The molecule has 0 saturated carbocycles. The Morgan fingerprint density at radius 3 is 2.67 bits per heavy atom. The van der Waals surface area contributed by atoms with Crippen molar-refractivity contribution in [2.45, 2.75) is 13.3 Å². The number of rotatable bonds is 2. The number of nitriles is 1. The maximum atomic E-state index is 13.5. The monoisotopic (exact) mass is 259 g/mol. The average Bonchev–Trinajstić information content (AvgIpc) is 2.34. The summed E-state index contributed by atoms with van der Waals surface area (Å²) in [5.41, 5.74) is 2.94. The van der Waals surface area contributed by atoms with E-state index in [-0.39, 0.29) is 5.56 Å². The van der Waals surface area contributed by atoms with Crippen LogP contribution >= 0.6 is 11.6 Å². The molecule has 2 aromatic rings. The van der Waals surface area contributed by atoms with Crippen molar-refractivity contribution >= 4 is 11.6 Å². The van der Waals surface area contributed by atoms with Gasteiger partial charge in [0.15, 0.2) is 0 Å². The first kappa shape index (κ1) is 12.6. The number of nitrogens with zero attached hydrogens (tertiary/aromatic N) is 1. The average molecular weight is 260 g/mol. The van der Waals surface area contributed by atoms with E-state index in [9.17, 15) is 4.39 Å². The van der Waals surface area contributed by atoms with Crippen LogP contribution < -0.4 is 0 Å². The molecule has 0 heterocycles. The van der Waals surface area contributed by atoms with Crippen molar-refractivity contribution in [3.05, 3.63) is 69.5 Å². The van der Waals surface area contributed by atoms with Crippen LogP contribution in [0.15, 0.2) is 36.4 Å². The maximum absolute atomic E-state index is 13.5. The summed E-state index contributed by atoms with van der Waals surface area (Å²) in [5, 5.41) is 9.36. The fourth-order valence-corrected chi connectivity index (χ4v) is 2.14. The van der Waals surface area contributed by atoms with Crippen molar-refractivity contribution in [2.75, 3.05) is 0 Å². The Kier molecular flexibility index (Phi) is 3.64. The van der Waals surface area contributed by atoms with Gasteiger partial charge in [-0.05, 0) is 48.2 Å². The van der Waals surface area contributed by atoms with Crippen LogP contribution in [0, 0.1) is 24.1 Å². The molecule has 0 radical (unpaired) electrons. The van der Waals surface area contributed by atoms with Crippen LogP contribution in [-0.2, 0) is 6.42 Å². The molecule has 3 heteroatoms. The zero-order valence-electron chi connectivity index (χ0n) is 9.87. The molecule has 0 atom stereocenters. The lowest BCUT2D eigenvalue weighted by molar-refractivity contribution is 0.622. The smallest absolute Gasteiger partial charge is 0.141 e. The summed E-state index contributed by atoms with van der Waals surface area (Å²) in [6.07, 6.45) is 0.564. The summed E-state index contributed by atoms with van der Waals surface area (Å²) in [5.74, 6) is -0.486. The molecule has 90 valence electrons. The summed E-state index contributed by atoms with van der Waals surface area (Å²) in [7, 11) is 0. The number of hydrogen-bond donors (Lipinski definition) is 0. The third-order valence-corrected chi connectivity index (χ3v) is 3.24. The van der Waals surface area contributed by atoms with E-state index >= 15 is 0 Å². The van der Waals surface area contributed by atoms with E-state index < -0.39 is 5.82 Å². The molecule has 1 nitrogen and oxygen atoms in total. The lowest BCUT2D eigenvalue weighted by atomic mass is 9.99. The van der Waals surface area contributed by atoms with Crippen LogP contribution in [-0.4, -0.2) is 0 Å². The molecule has 0 aromatic heterocycles. The zero-order chi connectivity index (χ0) is 13.1. The Morgan fingerprint density at radius 2 is 2.06 bits per heavy atom. The predicted octanol–water partition coefficient (Wildman–Crippen LogP) is 4.25. The summed E-state index contributed by atoms with van der Waals surface area (Å²) < 4.78 is 13.5. The quantitative estimate of drug-likeness (QED) is 0.791. The zero-order valence-corrected chi connectivity index (χ0v) is 10.6. The number of hydrogen-bond acceptors (Lipinski definition) is 1. The molecule has 2 aromatic carbocycles. The highest BCUT2D eigenvalue weighted by molar-refractivity contribution is 6.31. The number of benzene rings is 2. The van der Waals surface area contributed by atoms with Crippen LogP contribution in [0.2, 0.25) is 5.02 Å². The van der Waals surface area contributed by atoms with Crippen LogP contribution in [0.4, 0.5) is 4.39 Å². The minimum Gasteiger partial charge on any atom is -0.206 e. The summed E-state index contributed by atoms with van der Waals surface area (Å²) in [6.45, 7) is 1.97. The Hall–Kier alpha value is -1.85. The second-order valence-corrected chi connectivity index (χ2v) is 4.55. The molecule has 0 N–H and O–H groups in total. The molecule has 18 heavy (non-hydrogen) atoms. The van der Waals surface area contributed by atoms with Gasteiger partial charge in [0.05, 0.1) is 5.56 Å². The fourth-order valence-electron chi connectivity index (χ4n) is 1.85. The topological polar surface area (TPSA) is 23.8 Å². The second kappa shape index (κ2) is 5.20. The van der Waals surface area contributed by atoms with Gasteiger partial charge in [-0.25, -0.2) is 4.39 Å². The summed E-state index contributed by atoms with van der Waals surface area (Å²) in [4.78, 5) is 0. The van der Waals surface area contributed by atoms with E-state index in [2.05, 4.69) is 0 Å². The van der Waals surface area contributed by atoms with Gasteiger partial charge in [-0.1, -0.05) is 29.8 Å². The van der Waals surface area contributed by atoms with Gasteiger partial charge in [0.2, 0.25) is 0 Å². The van der Waals surface area contributed by atoms with E-state index in [0.29, 0.717) is 11.4 Å². The molecule has 0 amide bonds. The van der Waals surface area contributed by atoms with Gasteiger partial charge in [0, 0.05) is 5.02 Å². The first-order valence-electron chi connectivity index (χ1n) is 5.54. The molecule has 0 spiro atoms. The highest BCUT2D eigenvalue weighted by Gasteiger charge is 2.07. The van der Waals surface area contributed by atoms with E-state index in [1.54, 1.807) is 6.07 Å². The van der Waals surface area contributed by atoms with Crippen LogP contribution in [0.3, 0.4) is 0 Å². The third kappa shape index (κ3) is 2.52. The Morgan fingerprint density at radius 1 is 1.28 bits per heavy atom. The van der Waals surface area contributed by atoms with Gasteiger partial charge in [0.25, 0.3) is 0 Å². The van der Waals surface area contributed by atoms with Crippen LogP contribution in [0.1, 0.15) is 22.3 Å². The molecule has 0 unspecified atom stereocenters. The first-order chi connectivity index (χ1) is 8.61. The molecule has 2 rings (SSSR count). The van der Waals surface area contributed by atoms with Crippen LogP contribution in [0.5, 0.6) is 0 Å². The molecular weight excluding hydrogens is 249 g/mol. The van der Waals surface area contributed by atoms with Crippen molar-refractivity contribution in [1.29, 1.82) is 5.26 Å². The van der Waals surface area contributed by atoms with E-state index in [1.165, 1.54) is 12.1 Å². The third-order valence-electron chi connectivity index (χ3n) is 2.89. The molecule has 0 fully saturated rings. The Bertz CT molecular complexity index is 609. The summed E-state index contributed by atoms with van der Waals surface area (Å²) >= 11 is 6.13. The highest BCUT2D eigenvalue weighted by atomic mass is 35.5. The summed E-state index contributed by atoms with van der Waals surface area (Å²) in [6, 6.07) is 12.1. The van der Waals surface area contributed by atoms with Crippen molar-refractivity contribution in [3.8, 4) is 6.07 Å². The van der Waals surface area contributed by atoms with Crippen molar-refractivity contribution < 1.29 is 4.39 Å². The minimum atomic E-state index is -0.486. The largest absolute Gasteiger partial charge is 0.206 e. The number of aryl methyl sites for hydroxylation is 1. The Balaban J connectivity index is 2.35. The lowest BCUT2D eigenvalue weighted by Crippen LogP contribution is -1.95. The Labute approximate surface area is 110 Å². The van der Waals surface area contributed by atoms with Gasteiger partial charge in [-0.3, -0.25) is 0 Å². The van der Waals surface area contributed by atoms with Gasteiger partial charge >= 0.3 is 0 Å². The first-order valence-corrected chi connectivity index (χ1v) is 5.92. The van der Waals surface area contributed by atoms with Gasteiger partial charge in [-0.15, -0.1) is 0 Å². The van der Waals surface area contributed by atoms with E-state index in [1.807, 2.05) is 31.2 Å². The maximum Gasteiger partial charge on any atom is 0.141 e. The van der Waals surface area contributed by atoms with Gasteiger partial charge < -0.3 is 0 Å². The second-order valence-electron chi connectivity index (χ2n) is 4.14. The van der Waals surface area contributed by atoms with Crippen molar-refractivity contribution in [3.63, 3.8) is 0 Å². The van der Waals surface area contributed by atoms with E-state index in [0.717, 1.165) is 16.7 Å². The SMILES string of the molecule is Cc1cccc(Cl)c1Cc1ccc(C#N)c(F)c1. The van der Waals surface area contributed by atoms with Gasteiger partial charge in [-0.2, -0.15) is 5.26 Å². The number of halogens is 2. The molecule has 0 aliphatic rings. The molecule has 0 aliphatic carbocycles. The van der Waals surface area contributed by atoms with Crippen LogP contribution in [0.25, 0.3) is 0 Å². The highest BCUT2D eigenvalue weighted by Crippen LogP contribution is 2.23. The molecule has 0 bridgehead atoms. The van der Waals surface area contributed by atoms with Crippen molar-refractivity contribution in [2.24, 2.45) is 0 Å². The van der Waals surface area contributed by atoms with Crippen molar-refractivity contribution in [1.82, 2.24) is 0 Å². The molecule has 0 saturated heterocycles. The minimum absolute atomic E-state index is 0.0645. The van der Waals surface area contributed by atoms with E-state index in [4.69, 9.17) is 16.9 Å². The fraction of sp³-hybridized carbons (Fsp3) is 0.133. The molecule has 0 aliphatic heterocycles. The molecular formula is C15H11ClFN.